The first-order valence-electron chi connectivity index (χ1n) is 7.43. The number of carbonyl (C=O) groups is 2. The lowest BCUT2D eigenvalue weighted by Gasteiger charge is -2.39. The van der Waals surface area contributed by atoms with Crippen LogP contribution in [-0.2, 0) is 4.79 Å². The third kappa shape index (κ3) is 2.75. The van der Waals surface area contributed by atoms with Gasteiger partial charge in [0.15, 0.2) is 0 Å². The highest BCUT2D eigenvalue weighted by molar-refractivity contribution is 5.86. The van der Waals surface area contributed by atoms with Crippen LogP contribution in [0, 0.1) is 5.92 Å². The van der Waals surface area contributed by atoms with Crippen LogP contribution in [-0.4, -0.2) is 65.7 Å². The number of piperidine rings is 1. The minimum Gasteiger partial charge on any atom is -0.480 e. The first kappa shape index (κ1) is 15.1. The topological polar surface area (TPSA) is 72.9 Å². The van der Waals surface area contributed by atoms with E-state index in [-0.39, 0.29) is 6.03 Å². The molecule has 20 heavy (non-hydrogen) atoms. The number of nitrogens with zero attached hydrogens (tertiary/aromatic N) is 2. The molecule has 6 heteroatoms. The molecule has 2 rings (SSSR count). The molecule has 2 atom stereocenters. The Labute approximate surface area is 120 Å². The second kappa shape index (κ2) is 5.99. The quantitative estimate of drug-likeness (QED) is 0.810. The lowest BCUT2D eigenvalue weighted by Crippen LogP contribution is -2.56. The second-order valence-electron chi connectivity index (χ2n) is 6.13. The Balaban J connectivity index is 2.05. The fraction of sp³-hybridized carbons (Fsp3) is 0.857. The summed E-state index contributed by atoms with van der Waals surface area (Å²) < 4.78 is 0. The number of carboxylic acid groups (broad SMARTS) is 1. The molecule has 2 aliphatic heterocycles. The molecular formula is C14H25N3O3. The fourth-order valence-corrected chi connectivity index (χ4v) is 3.36. The van der Waals surface area contributed by atoms with Gasteiger partial charge in [0.25, 0.3) is 0 Å². The number of carboxylic acids is 1. The largest absolute Gasteiger partial charge is 0.480 e. The molecule has 2 aliphatic rings. The van der Waals surface area contributed by atoms with Crippen molar-refractivity contribution in [1.29, 1.82) is 0 Å². The van der Waals surface area contributed by atoms with Crippen molar-refractivity contribution in [2.75, 3.05) is 33.2 Å². The number of aliphatic carboxylic acids is 1. The molecule has 2 heterocycles. The van der Waals surface area contributed by atoms with Gasteiger partial charge in [0.05, 0.1) is 0 Å². The van der Waals surface area contributed by atoms with Gasteiger partial charge >= 0.3 is 12.0 Å². The molecule has 2 amide bonds. The fourth-order valence-electron chi connectivity index (χ4n) is 3.36. The molecule has 2 unspecified atom stereocenters. The Morgan fingerprint density at radius 3 is 2.75 bits per heavy atom. The van der Waals surface area contributed by atoms with Crippen LogP contribution < -0.4 is 5.32 Å². The normalized spacial score (nSPS) is 30.6. The molecule has 2 fully saturated rings. The highest BCUT2D eigenvalue weighted by atomic mass is 16.4. The van der Waals surface area contributed by atoms with Gasteiger partial charge in [-0.05, 0) is 52.1 Å². The zero-order chi connectivity index (χ0) is 14.8. The number of urea groups is 1. The monoisotopic (exact) mass is 283 g/mol. The lowest BCUT2D eigenvalue weighted by atomic mass is 9.97. The smallest absolute Gasteiger partial charge is 0.329 e. The van der Waals surface area contributed by atoms with E-state index in [2.05, 4.69) is 5.32 Å². The van der Waals surface area contributed by atoms with Crippen molar-refractivity contribution in [1.82, 2.24) is 15.1 Å². The van der Waals surface area contributed by atoms with Gasteiger partial charge < -0.3 is 20.2 Å². The molecule has 0 bridgehead atoms. The number of hydrogen-bond acceptors (Lipinski definition) is 3. The molecule has 0 aromatic rings. The van der Waals surface area contributed by atoms with Gasteiger partial charge in [-0.3, -0.25) is 0 Å². The predicted octanol–water partition coefficient (Wildman–Crippen LogP) is 0.977. The van der Waals surface area contributed by atoms with Gasteiger partial charge in [0, 0.05) is 19.6 Å². The summed E-state index contributed by atoms with van der Waals surface area (Å²) in [6.45, 7) is 4.58. The van der Waals surface area contributed by atoms with Crippen LogP contribution in [0.1, 0.15) is 32.6 Å². The first-order valence-corrected chi connectivity index (χ1v) is 7.43. The number of nitrogens with one attached hydrogen (secondary N) is 1. The summed E-state index contributed by atoms with van der Waals surface area (Å²) in [7, 11) is 1.92. The van der Waals surface area contributed by atoms with E-state index in [4.69, 9.17) is 0 Å². The Kier molecular flexibility index (Phi) is 4.52. The zero-order valence-electron chi connectivity index (χ0n) is 12.4. The van der Waals surface area contributed by atoms with Crippen molar-refractivity contribution in [3.63, 3.8) is 0 Å². The van der Waals surface area contributed by atoms with Crippen LogP contribution >= 0.6 is 0 Å². The van der Waals surface area contributed by atoms with Crippen LogP contribution in [0.15, 0.2) is 0 Å². The number of carbonyl (C=O) groups excluding carboxylic acids is 1. The molecule has 0 radical (unpaired) electrons. The predicted molar refractivity (Wildman–Crippen MR) is 75.6 cm³/mol. The maximum Gasteiger partial charge on any atom is 0.329 e. The van der Waals surface area contributed by atoms with E-state index in [0.29, 0.717) is 18.9 Å². The van der Waals surface area contributed by atoms with Crippen molar-refractivity contribution in [2.24, 2.45) is 5.92 Å². The Morgan fingerprint density at radius 2 is 2.10 bits per heavy atom. The standard InChI is InChI=1S/C14H25N3O3/c1-14(12(18)19)6-4-8-17(14)13(20)16-7-3-5-11(10-16)9-15-2/h11,15H,3-10H2,1-2H3,(H,18,19). The van der Waals surface area contributed by atoms with Crippen LogP contribution in [0.5, 0.6) is 0 Å². The van der Waals surface area contributed by atoms with E-state index in [1.807, 2.05) is 11.9 Å². The summed E-state index contributed by atoms with van der Waals surface area (Å²) in [5, 5.41) is 12.6. The molecule has 0 aliphatic carbocycles. The van der Waals surface area contributed by atoms with Crippen LogP contribution in [0.3, 0.4) is 0 Å². The Hall–Kier alpha value is -1.30. The van der Waals surface area contributed by atoms with Crippen LogP contribution in [0.25, 0.3) is 0 Å². The van der Waals surface area contributed by atoms with E-state index in [9.17, 15) is 14.7 Å². The highest BCUT2D eigenvalue weighted by Crippen LogP contribution is 2.31. The van der Waals surface area contributed by atoms with Gasteiger partial charge in [0.1, 0.15) is 5.54 Å². The minimum absolute atomic E-state index is 0.104. The maximum absolute atomic E-state index is 12.6. The van der Waals surface area contributed by atoms with Gasteiger partial charge in [-0.1, -0.05) is 0 Å². The third-order valence-corrected chi connectivity index (χ3v) is 4.61. The summed E-state index contributed by atoms with van der Waals surface area (Å²) in [5.74, 6) is -0.427. The van der Waals surface area contributed by atoms with E-state index >= 15 is 0 Å². The summed E-state index contributed by atoms with van der Waals surface area (Å²) in [5.41, 5.74) is -1.03. The molecule has 0 aromatic carbocycles. The number of rotatable bonds is 3. The van der Waals surface area contributed by atoms with Gasteiger partial charge in [0.2, 0.25) is 0 Å². The number of likely N-dealkylation sites (tertiary alicyclic amines) is 2. The Morgan fingerprint density at radius 1 is 1.35 bits per heavy atom. The molecular weight excluding hydrogens is 258 g/mol. The Bertz CT molecular complexity index is 386. The average molecular weight is 283 g/mol. The summed E-state index contributed by atoms with van der Waals surface area (Å²) in [6.07, 6.45) is 3.43. The molecule has 0 aromatic heterocycles. The SMILES string of the molecule is CNCC1CCCN(C(=O)N2CCCC2(C)C(=O)O)C1. The maximum atomic E-state index is 12.6. The molecule has 2 N–H and O–H groups in total. The first-order chi connectivity index (χ1) is 9.49. The average Bonchev–Trinajstić information content (AvgIpc) is 2.82. The minimum atomic E-state index is -1.03. The van der Waals surface area contributed by atoms with E-state index in [1.54, 1.807) is 11.8 Å². The lowest BCUT2D eigenvalue weighted by molar-refractivity contribution is -0.147. The van der Waals surface area contributed by atoms with Gasteiger partial charge in [-0.25, -0.2) is 9.59 Å². The molecule has 0 saturated carbocycles. The highest BCUT2D eigenvalue weighted by Gasteiger charge is 2.47. The number of amides is 2. The molecule has 6 nitrogen and oxygen atoms in total. The van der Waals surface area contributed by atoms with Gasteiger partial charge in [-0.15, -0.1) is 0 Å². The van der Waals surface area contributed by atoms with Crippen molar-refractivity contribution < 1.29 is 14.7 Å². The summed E-state index contributed by atoms with van der Waals surface area (Å²) >= 11 is 0. The van der Waals surface area contributed by atoms with E-state index < -0.39 is 11.5 Å². The zero-order valence-corrected chi connectivity index (χ0v) is 12.4. The van der Waals surface area contributed by atoms with Crippen molar-refractivity contribution in [3.8, 4) is 0 Å². The van der Waals surface area contributed by atoms with Crippen molar-refractivity contribution in [2.45, 2.75) is 38.1 Å². The molecule has 114 valence electrons. The molecule has 2 saturated heterocycles. The third-order valence-electron chi connectivity index (χ3n) is 4.61. The van der Waals surface area contributed by atoms with Crippen molar-refractivity contribution in [3.05, 3.63) is 0 Å². The van der Waals surface area contributed by atoms with E-state index in [0.717, 1.165) is 38.9 Å². The number of hydrogen-bond donors (Lipinski definition) is 2. The molecule has 0 spiro atoms. The summed E-state index contributed by atoms with van der Waals surface area (Å²) in [4.78, 5) is 27.5. The second-order valence-corrected chi connectivity index (χ2v) is 6.13. The van der Waals surface area contributed by atoms with Crippen molar-refractivity contribution >= 4 is 12.0 Å². The van der Waals surface area contributed by atoms with Crippen LogP contribution in [0.2, 0.25) is 0 Å². The van der Waals surface area contributed by atoms with E-state index in [1.165, 1.54) is 0 Å². The summed E-state index contributed by atoms with van der Waals surface area (Å²) in [6, 6.07) is -0.104. The van der Waals surface area contributed by atoms with Crippen LogP contribution in [0.4, 0.5) is 4.79 Å². The van der Waals surface area contributed by atoms with Gasteiger partial charge in [-0.2, -0.15) is 0 Å².